The first-order valence-electron chi connectivity index (χ1n) is 8.27. The molecule has 0 bridgehead atoms. The highest BCUT2D eigenvalue weighted by Gasteiger charge is 2.28. The average Bonchev–Trinajstić information content (AvgIpc) is 2.59. The van der Waals surface area contributed by atoms with Crippen LogP contribution in [0.3, 0.4) is 0 Å². The molecule has 0 N–H and O–H groups in total. The van der Waals surface area contributed by atoms with Crippen LogP contribution < -0.4 is 9.47 Å². The third kappa shape index (κ3) is 4.06. The lowest BCUT2D eigenvalue weighted by Gasteiger charge is -2.36. The van der Waals surface area contributed by atoms with Gasteiger partial charge < -0.3 is 14.4 Å². The molecule has 4 nitrogen and oxygen atoms in total. The Hall–Kier alpha value is -1.97. The van der Waals surface area contributed by atoms with Crippen LogP contribution in [0.15, 0.2) is 30.9 Å². The zero-order chi connectivity index (χ0) is 16.8. The number of ether oxygens (including phenoxy) is 2. The number of methoxy groups -OCH3 is 1. The van der Waals surface area contributed by atoms with E-state index in [1.54, 1.807) is 31.4 Å². The molecule has 0 spiro atoms. The summed E-state index contributed by atoms with van der Waals surface area (Å²) in [5.74, 6) is 1.78. The predicted molar refractivity (Wildman–Crippen MR) is 92.2 cm³/mol. The van der Waals surface area contributed by atoms with Gasteiger partial charge >= 0.3 is 0 Å². The monoisotopic (exact) mass is 317 g/mol. The largest absolute Gasteiger partial charge is 0.493 e. The first-order valence-corrected chi connectivity index (χ1v) is 8.27. The van der Waals surface area contributed by atoms with E-state index in [0.29, 0.717) is 35.6 Å². The fourth-order valence-corrected chi connectivity index (χ4v) is 3.29. The van der Waals surface area contributed by atoms with Gasteiger partial charge in [0.2, 0.25) is 0 Å². The number of benzene rings is 1. The molecule has 0 radical (unpaired) electrons. The SMILES string of the molecule is C=CCOc1ccc(C(=O)N(C)C2CCCCC2C)cc1OC. The summed E-state index contributed by atoms with van der Waals surface area (Å²) in [6.07, 6.45) is 6.42. The Morgan fingerprint density at radius 2 is 2.09 bits per heavy atom. The van der Waals surface area contributed by atoms with Crippen LogP contribution in [0.4, 0.5) is 0 Å². The average molecular weight is 317 g/mol. The molecule has 2 rings (SSSR count). The quantitative estimate of drug-likeness (QED) is 0.747. The summed E-state index contributed by atoms with van der Waals surface area (Å²) in [6, 6.07) is 5.66. The molecule has 1 amide bonds. The summed E-state index contributed by atoms with van der Waals surface area (Å²) in [6.45, 7) is 6.27. The van der Waals surface area contributed by atoms with Crippen LogP contribution in [0.25, 0.3) is 0 Å². The van der Waals surface area contributed by atoms with Crippen LogP contribution >= 0.6 is 0 Å². The van der Waals surface area contributed by atoms with Gasteiger partial charge in [-0.05, 0) is 37.0 Å². The van der Waals surface area contributed by atoms with Crippen molar-refractivity contribution < 1.29 is 14.3 Å². The van der Waals surface area contributed by atoms with Crippen LogP contribution in [0.5, 0.6) is 11.5 Å². The van der Waals surface area contributed by atoms with Crippen LogP contribution in [0, 0.1) is 5.92 Å². The van der Waals surface area contributed by atoms with E-state index in [1.807, 2.05) is 11.9 Å². The molecular weight excluding hydrogens is 290 g/mol. The van der Waals surface area contributed by atoms with Gasteiger partial charge in [-0.25, -0.2) is 0 Å². The number of nitrogens with zero attached hydrogens (tertiary/aromatic N) is 1. The minimum atomic E-state index is 0.0392. The van der Waals surface area contributed by atoms with Crippen molar-refractivity contribution in [2.45, 2.75) is 38.6 Å². The molecule has 1 saturated carbocycles. The van der Waals surface area contributed by atoms with E-state index in [4.69, 9.17) is 9.47 Å². The Balaban J connectivity index is 2.16. The molecule has 1 aliphatic rings. The zero-order valence-corrected chi connectivity index (χ0v) is 14.4. The number of carbonyl (C=O) groups is 1. The summed E-state index contributed by atoms with van der Waals surface area (Å²) < 4.78 is 10.9. The van der Waals surface area contributed by atoms with Gasteiger partial charge in [0.1, 0.15) is 6.61 Å². The Kier molecular flexibility index (Phi) is 6.08. The zero-order valence-electron chi connectivity index (χ0n) is 14.4. The number of carbonyl (C=O) groups excluding carboxylic acids is 1. The molecule has 2 unspecified atom stereocenters. The normalized spacial score (nSPS) is 20.7. The van der Waals surface area contributed by atoms with Gasteiger partial charge in [-0.1, -0.05) is 32.4 Å². The van der Waals surface area contributed by atoms with Crippen LogP contribution in [0.1, 0.15) is 43.0 Å². The molecule has 1 aromatic carbocycles. The summed E-state index contributed by atoms with van der Waals surface area (Å²) >= 11 is 0. The summed E-state index contributed by atoms with van der Waals surface area (Å²) in [5.41, 5.74) is 0.632. The van der Waals surface area contributed by atoms with Gasteiger partial charge in [-0.15, -0.1) is 0 Å². The Labute approximate surface area is 139 Å². The summed E-state index contributed by atoms with van der Waals surface area (Å²) in [4.78, 5) is 14.7. The van der Waals surface area contributed by atoms with Crippen LogP contribution in [0.2, 0.25) is 0 Å². The van der Waals surface area contributed by atoms with Gasteiger partial charge in [-0.3, -0.25) is 4.79 Å². The molecular formula is C19H27NO3. The fourth-order valence-electron chi connectivity index (χ4n) is 3.29. The predicted octanol–water partition coefficient (Wildman–Crippen LogP) is 3.91. The third-order valence-electron chi connectivity index (χ3n) is 4.65. The highest BCUT2D eigenvalue weighted by Crippen LogP contribution is 2.31. The minimum absolute atomic E-state index is 0.0392. The second-order valence-corrected chi connectivity index (χ2v) is 6.21. The van der Waals surface area contributed by atoms with E-state index in [9.17, 15) is 4.79 Å². The van der Waals surface area contributed by atoms with Crippen molar-refractivity contribution in [2.75, 3.05) is 20.8 Å². The molecule has 1 fully saturated rings. The second kappa shape index (κ2) is 8.04. The van der Waals surface area contributed by atoms with Gasteiger partial charge in [0.25, 0.3) is 5.91 Å². The molecule has 126 valence electrons. The van der Waals surface area contributed by atoms with Crippen molar-refractivity contribution in [3.8, 4) is 11.5 Å². The maximum Gasteiger partial charge on any atom is 0.253 e. The standard InChI is InChI=1S/C19H27NO3/c1-5-12-23-17-11-10-15(13-18(17)22-4)19(21)20(3)16-9-7-6-8-14(16)2/h5,10-11,13-14,16H,1,6-9,12H2,2-4H3. The van der Waals surface area contributed by atoms with E-state index in [-0.39, 0.29) is 5.91 Å². The van der Waals surface area contributed by atoms with Crippen molar-refractivity contribution in [1.82, 2.24) is 4.90 Å². The summed E-state index contributed by atoms with van der Waals surface area (Å²) in [7, 11) is 3.49. The second-order valence-electron chi connectivity index (χ2n) is 6.21. The smallest absolute Gasteiger partial charge is 0.253 e. The van der Waals surface area contributed by atoms with Crippen molar-refractivity contribution >= 4 is 5.91 Å². The molecule has 1 aliphatic carbocycles. The van der Waals surface area contributed by atoms with Crippen LogP contribution in [-0.2, 0) is 0 Å². The highest BCUT2D eigenvalue weighted by atomic mass is 16.5. The number of amides is 1. The molecule has 0 saturated heterocycles. The van der Waals surface area contributed by atoms with Gasteiger partial charge in [0.15, 0.2) is 11.5 Å². The maximum atomic E-state index is 12.8. The fraction of sp³-hybridized carbons (Fsp3) is 0.526. The molecule has 0 heterocycles. The Morgan fingerprint density at radius 3 is 2.74 bits per heavy atom. The van der Waals surface area contributed by atoms with Crippen molar-refractivity contribution in [1.29, 1.82) is 0 Å². The number of hydrogen-bond acceptors (Lipinski definition) is 3. The van der Waals surface area contributed by atoms with E-state index in [0.717, 1.165) is 6.42 Å². The Morgan fingerprint density at radius 1 is 1.35 bits per heavy atom. The lowest BCUT2D eigenvalue weighted by molar-refractivity contribution is 0.0628. The van der Waals surface area contributed by atoms with Crippen molar-refractivity contribution in [3.05, 3.63) is 36.4 Å². The topological polar surface area (TPSA) is 38.8 Å². The molecule has 23 heavy (non-hydrogen) atoms. The van der Waals surface area contributed by atoms with Crippen LogP contribution in [-0.4, -0.2) is 37.6 Å². The van der Waals surface area contributed by atoms with Gasteiger partial charge in [-0.2, -0.15) is 0 Å². The third-order valence-corrected chi connectivity index (χ3v) is 4.65. The Bertz CT molecular complexity index is 556. The van der Waals surface area contributed by atoms with Gasteiger partial charge in [0.05, 0.1) is 7.11 Å². The molecule has 4 heteroatoms. The number of hydrogen-bond donors (Lipinski definition) is 0. The minimum Gasteiger partial charge on any atom is -0.493 e. The molecule has 2 atom stereocenters. The lowest BCUT2D eigenvalue weighted by Crippen LogP contribution is -2.42. The molecule has 0 aliphatic heterocycles. The number of rotatable bonds is 6. The van der Waals surface area contributed by atoms with E-state index < -0.39 is 0 Å². The lowest BCUT2D eigenvalue weighted by atomic mass is 9.85. The van der Waals surface area contributed by atoms with E-state index in [1.165, 1.54) is 19.3 Å². The first kappa shape index (κ1) is 17.4. The van der Waals surface area contributed by atoms with Crippen molar-refractivity contribution in [3.63, 3.8) is 0 Å². The van der Waals surface area contributed by atoms with E-state index >= 15 is 0 Å². The molecule has 0 aromatic heterocycles. The van der Waals surface area contributed by atoms with Crippen molar-refractivity contribution in [2.24, 2.45) is 5.92 Å². The maximum absolute atomic E-state index is 12.8. The van der Waals surface area contributed by atoms with Gasteiger partial charge in [0, 0.05) is 18.7 Å². The highest BCUT2D eigenvalue weighted by molar-refractivity contribution is 5.95. The molecule has 1 aromatic rings. The summed E-state index contributed by atoms with van der Waals surface area (Å²) in [5, 5.41) is 0. The van der Waals surface area contributed by atoms with E-state index in [2.05, 4.69) is 13.5 Å². The first-order chi connectivity index (χ1) is 11.1.